The number of fused-ring (bicyclic) bond motifs is 5. The number of anilines is 2. The number of carbonyl (C=O) groups excluding carboxylic acids is 4. The molecule has 2 fully saturated rings. The molecular weight excluding hydrogens is 761 g/mol. The van der Waals surface area contributed by atoms with Crippen molar-refractivity contribution in [2.24, 2.45) is 33.9 Å². The monoisotopic (exact) mass is 802 g/mol. The fourth-order valence-electron chi connectivity index (χ4n) is 10.6. The number of hydrogen-bond acceptors (Lipinski definition) is 8. The number of phenols is 1. The number of amides is 2. The Bertz CT molecular complexity index is 2850. The molecule has 61 heavy (non-hydrogen) atoms. The van der Waals surface area contributed by atoms with Gasteiger partial charge in [-0.1, -0.05) is 103 Å². The van der Waals surface area contributed by atoms with Crippen molar-refractivity contribution in [1.29, 1.82) is 0 Å². The van der Waals surface area contributed by atoms with Crippen LogP contribution >= 0.6 is 0 Å². The molecule has 1 saturated carbocycles. The van der Waals surface area contributed by atoms with Crippen LogP contribution in [-0.2, 0) is 24.6 Å². The average Bonchev–Trinajstić information content (AvgIpc) is 3.55. The van der Waals surface area contributed by atoms with Crippen molar-refractivity contribution in [3.8, 4) is 5.75 Å². The molecule has 10 rings (SSSR count). The molecule has 0 bridgehead atoms. The number of benzene rings is 6. The van der Waals surface area contributed by atoms with E-state index in [0.717, 1.165) is 22.0 Å². The van der Waals surface area contributed by atoms with E-state index in [1.807, 2.05) is 140 Å². The van der Waals surface area contributed by atoms with Gasteiger partial charge >= 0.3 is 0 Å². The van der Waals surface area contributed by atoms with Crippen LogP contribution in [0.5, 0.6) is 5.75 Å². The van der Waals surface area contributed by atoms with Gasteiger partial charge in [0.15, 0.2) is 11.6 Å². The summed E-state index contributed by atoms with van der Waals surface area (Å²) in [5.41, 5.74) is 4.21. The van der Waals surface area contributed by atoms with Crippen LogP contribution in [0.2, 0.25) is 0 Å². The Hall–Kier alpha value is -7.26. The normalized spacial score (nSPS) is 24.6. The van der Waals surface area contributed by atoms with Gasteiger partial charge in [0.05, 0.1) is 34.3 Å². The molecule has 3 aliphatic carbocycles. The van der Waals surface area contributed by atoms with E-state index < -0.39 is 35.0 Å². The summed E-state index contributed by atoms with van der Waals surface area (Å²) in [7, 11) is 3.94. The molecule has 4 aliphatic rings. The molecule has 9 heteroatoms. The van der Waals surface area contributed by atoms with Crippen molar-refractivity contribution in [2.75, 3.05) is 23.9 Å². The van der Waals surface area contributed by atoms with Gasteiger partial charge in [-0.3, -0.25) is 24.1 Å². The summed E-state index contributed by atoms with van der Waals surface area (Å²) < 4.78 is 0. The average molecular weight is 803 g/mol. The highest BCUT2D eigenvalue weighted by atomic mass is 16.3. The number of aromatic hydroxyl groups is 1. The quantitative estimate of drug-likeness (QED) is 0.0975. The molecule has 6 aromatic rings. The van der Waals surface area contributed by atoms with Gasteiger partial charge < -0.3 is 10.0 Å². The second-order valence-corrected chi connectivity index (χ2v) is 16.6. The highest BCUT2D eigenvalue weighted by Gasteiger charge is 2.66. The van der Waals surface area contributed by atoms with Crippen molar-refractivity contribution in [3.05, 3.63) is 180 Å². The van der Waals surface area contributed by atoms with Gasteiger partial charge in [0.25, 0.3) is 0 Å². The third-order valence-corrected chi connectivity index (χ3v) is 13.4. The third-order valence-electron chi connectivity index (χ3n) is 13.4. The molecule has 300 valence electrons. The van der Waals surface area contributed by atoms with Gasteiger partial charge in [0.2, 0.25) is 11.8 Å². The molecule has 0 aromatic heterocycles. The van der Waals surface area contributed by atoms with E-state index in [1.54, 1.807) is 30.3 Å². The minimum absolute atomic E-state index is 0.00205. The summed E-state index contributed by atoms with van der Waals surface area (Å²) in [5, 5.41) is 22.4. The second-order valence-electron chi connectivity index (χ2n) is 16.6. The molecule has 1 N–H and O–H groups in total. The van der Waals surface area contributed by atoms with E-state index in [1.165, 1.54) is 11.0 Å². The number of carbonyl (C=O) groups is 4. The molecular formula is C52H42N4O5. The Morgan fingerprint density at radius 3 is 2.02 bits per heavy atom. The maximum absolute atomic E-state index is 15.5. The Kier molecular flexibility index (Phi) is 9.20. The summed E-state index contributed by atoms with van der Waals surface area (Å²) in [6.45, 7) is 0. The van der Waals surface area contributed by atoms with Gasteiger partial charge in [-0.05, 0) is 101 Å². The first kappa shape index (κ1) is 38.0. The number of ketones is 2. The van der Waals surface area contributed by atoms with E-state index in [4.69, 9.17) is 0 Å². The smallest absolute Gasteiger partial charge is 0.238 e. The van der Waals surface area contributed by atoms with Crippen molar-refractivity contribution in [3.63, 3.8) is 0 Å². The standard InChI is InChI=1S/C52H42N4O5/c1-55(2)36-22-18-34(19-23-36)53-54-35-20-24-37(25-21-35)56-50(60)40-27-26-39-42(46(40)51(56)61)29-43-49(59)41(31-11-5-3-6-12-31)30-45(58)52(43,33-14-7-4-8-15-33)48(39)47-38-16-10-9-13-32(38)17-28-44(47)57/h3-26,28,30,40,42-43,46,48,57H,27,29H2,1-2H3. The lowest BCUT2D eigenvalue weighted by atomic mass is 9.44. The number of imide groups is 1. The first-order valence-corrected chi connectivity index (χ1v) is 20.7. The maximum Gasteiger partial charge on any atom is 0.238 e. The van der Waals surface area contributed by atoms with E-state index in [2.05, 4.69) is 10.2 Å². The van der Waals surface area contributed by atoms with Gasteiger partial charge in [-0.25, -0.2) is 0 Å². The predicted molar refractivity (Wildman–Crippen MR) is 236 cm³/mol. The van der Waals surface area contributed by atoms with Crippen LogP contribution < -0.4 is 9.80 Å². The Morgan fingerprint density at radius 2 is 1.33 bits per heavy atom. The number of rotatable bonds is 7. The highest BCUT2D eigenvalue weighted by molar-refractivity contribution is 6.32. The lowest BCUT2D eigenvalue weighted by Gasteiger charge is -2.55. The molecule has 1 heterocycles. The van der Waals surface area contributed by atoms with Crippen molar-refractivity contribution < 1.29 is 24.3 Å². The molecule has 9 nitrogen and oxygen atoms in total. The Morgan fingerprint density at radius 1 is 0.689 bits per heavy atom. The van der Waals surface area contributed by atoms with Crippen molar-refractivity contribution >= 4 is 62.5 Å². The number of allylic oxidation sites excluding steroid dienone is 4. The van der Waals surface area contributed by atoms with Gasteiger partial charge in [-0.15, -0.1) is 0 Å². The minimum atomic E-state index is -1.46. The SMILES string of the molecule is CN(C)c1ccc(N=Nc2ccc(N3C(=O)C4CC=C5C(CC6C(=O)C(c7ccccc7)=CC(=O)C6(c6ccccc6)C5c5c(O)ccc6ccccc56)C4C3=O)cc2)cc1. The molecule has 0 radical (unpaired) electrons. The molecule has 1 aliphatic heterocycles. The van der Waals surface area contributed by atoms with E-state index >= 15 is 9.59 Å². The maximum atomic E-state index is 15.5. The zero-order valence-electron chi connectivity index (χ0n) is 33.7. The summed E-state index contributed by atoms with van der Waals surface area (Å²) in [6, 6.07) is 44.4. The lowest BCUT2D eigenvalue weighted by molar-refractivity contribution is -0.135. The summed E-state index contributed by atoms with van der Waals surface area (Å²) >= 11 is 0. The Labute approximate surface area is 353 Å². The first-order chi connectivity index (χ1) is 29.7. The van der Waals surface area contributed by atoms with Gasteiger partial charge in [0, 0.05) is 42.8 Å². The van der Waals surface area contributed by atoms with Crippen LogP contribution in [-0.4, -0.2) is 42.6 Å². The number of hydrogen-bond donors (Lipinski definition) is 1. The van der Waals surface area contributed by atoms with Gasteiger partial charge in [0.1, 0.15) is 5.75 Å². The summed E-state index contributed by atoms with van der Waals surface area (Å²) in [4.78, 5) is 63.5. The van der Waals surface area contributed by atoms with Crippen LogP contribution in [0.15, 0.2) is 174 Å². The first-order valence-electron chi connectivity index (χ1n) is 20.7. The van der Waals surface area contributed by atoms with Gasteiger partial charge in [-0.2, -0.15) is 10.2 Å². The van der Waals surface area contributed by atoms with E-state index in [0.29, 0.717) is 39.3 Å². The molecule has 0 spiro atoms. The predicted octanol–water partition coefficient (Wildman–Crippen LogP) is 10.1. The number of nitrogens with zero attached hydrogens (tertiary/aromatic N) is 4. The van der Waals surface area contributed by atoms with Crippen molar-refractivity contribution in [1.82, 2.24) is 0 Å². The van der Waals surface area contributed by atoms with Crippen LogP contribution in [0.4, 0.5) is 22.7 Å². The zero-order chi connectivity index (χ0) is 42.0. The fourth-order valence-corrected chi connectivity index (χ4v) is 10.6. The summed E-state index contributed by atoms with van der Waals surface area (Å²) in [6.07, 6.45) is 3.95. The lowest BCUT2D eigenvalue weighted by Crippen LogP contribution is -2.58. The van der Waals surface area contributed by atoms with Crippen LogP contribution in [0.25, 0.3) is 16.3 Å². The molecule has 6 aromatic carbocycles. The topological polar surface area (TPSA) is 120 Å². The number of Topliss-reactive ketones (excluding diaryl/α,β-unsaturated/α-hetero) is 1. The summed E-state index contributed by atoms with van der Waals surface area (Å²) in [5.74, 6) is -4.89. The molecule has 6 unspecified atom stereocenters. The molecule has 2 amide bonds. The number of phenolic OH excluding ortho intramolecular Hbond substituents is 1. The second kappa shape index (κ2) is 14.8. The molecule has 6 atom stereocenters. The Balaban J connectivity index is 1.09. The minimum Gasteiger partial charge on any atom is -0.508 e. The number of azo groups is 1. The van der Waals surface area contributed by atoms with E-state index in [-0.39, 0.29) is 42.0 Å². The third kappa shape index (κ3) is 5.98. The largest absolute Gasteiger partial charge is 0.508 e. The van der Waals surface area contributed by atoms with Crippen LogP contribution in [0.1, 0.15) is 35.4 Å². The molecule has 1 saturated heterocycles. The highest BCUT2D eigenvalue weighted by Crippen LogP contribution is 2.65. The van der Waals surface area contributed by atoms with Crippen LogP contribution in [0.3, 0.4) is 0 Å². The van der Waals surface area contributed by atoms with Crippen LogP contribution in [0, 0.1) is 23.7 Å². The zero-order valence-corrected chi connectivity index (χ0v) is 33.7. The fraction of sp³-hybridized carbons (Fsp3) is 0.192. The van der Waals surface area contributed by atoms with E-state index in [9.17, 15) is 14.7 Å². The van der Waals surface area contributed by atoms with Crippen molar-refractivity contribution in [2.45, 2.75) is 24.2 Å².